The smallest absolute Gasteiger partial charge is 0.357 e. The van der Waals surface area contributed by atoms with Gasteiger partial charge in [0.25, 0.3) is 0 Å². The minimum atomic E-state index is -0.666. The molecule has 0 spiro atoms. The van der Waals surface area contributed by atoms with Crippen molar-refractivity contribution in [2.24, 2.45) is 17.3 Å². The lowest BCUT2D eigenvalue weighted by atomic mass is 9.73. The third-order valence-electron chi connectivity index (χ3n) is 5.73. The van der Waals surface area contributed by atoms with Gasteiger partial charge < -0.3 is 9.47 Å². The highest BCUT2D eigenvalue weighted by molar-refractivity contribution is 5.95. The summed E-state index contributed by atoms with van der Waals surface area (Å²) >= 11 is 0. The molecule has 0 aromatic rings. The molecule has 1 saturated heterocycles. The fraction of sp³-hybridized carbons (Fsp3) is 0.667. The van der Waals surface area contributed by atoms with Crippen molar-refractivity contribution in [2.75, 3.05) is 6.79 Å². The van der Waals surface area contributed by atoms with Crippen molar-refractivity contribution >= 4 is 17.8 Å². The molecule has 3 atom stereocenters. The number of hydrogen-bond acceptors (Lipinski definition) is 5. The first-order chi connectivity index (χ1) is 12.8. The Bertz CT molecular complexity index is 673. The van der Waals surface area contributed by atoms with Crippen LogP contribution in [-0.4, -0.2) is 35.6 Å². The minimum Gasteiger partial charge on any atom is -0.427 e. The Labute approximate surface area is 160 Å². The highest BCUT2D eigenvalue weighted by atomic mass is 16.7. The molecule has 2 aliphatic heterocycles. The van der Waals surface area contributed by atoms with Gasteiger partial charge in [-0.2, -0.15) is 0 Å². The fourth-order valence-electron chi connectivity index (χ4n) is 4.29. The van der Waals surface area contributed by atoms with Gasteiger partial charge in [0.1, 0.15) is 5.70 Å². The van der Waals surface area contributed by atoms with Crippen LogP contribution in [0.2, 0.25) is 0 Å². The monoisotopic (exact) mass is 375 g/mol. The van der Waals surface area contributed by atoms with Gasteiger partial charge in [-0.15, -0.1) is 0 Å². The number of esters is 2. The summed E-state index contributed by atoms with van der Waals surface area (Å²) in [6, 6.07) is -0.0880. The van der Waals surface area contributed by atoms with Crippen LogP contribution in [-0.2, 0) is 23.9 Å². The van der Waals surface area contributed by atoms with E-state index in [4.69, 9.17) is 9.47 Å². The Morgan fingerprint density at radius 2 is 1.89 bits per heavy atom. The van der Waals surface area contributed by atoms with Crippen molar-refractivity contribution in [3.63, 3.8) is 0 Å². The summed E-state index contributed by atoms with van der Waals surface area (Å²) < 4.78 is 10.2. The Hall–Kier alpha value is -2.11. The summed E-state index contributed by atoms with van der Waals surface area (Å²) in [7, 11) is 0. The summed E-state index contributed by atoms with van der Waals surface area (Å²) in [6.45, 7) is 4.74. The Balaban J connectivity index is 1.69. The maximum Gasteiger partial charge on any atom is 0.357 e. The highest BCUT2D eigenvalue weighted by Gasteiger charge is 2.42. The van der Waals surface area contributed by atoms with Crippen molar-refractivity contribution in [1.82, 2.24) is 4.90 Å². The average Bonchev–Trinajstić information content (AvgIpc) is 2.78. The van der Waals surface area contributed by atoms with E-state index in [2.05, 4.69) is 0 Å². The second kappa shape index (κ2) is 7.87. The van der Waals surface area contributed by atoms with Gasteiger partial charge in [-0.05, 0) is 51.5 Å². The lowest BCUT2D eigenvalue weighted by Crippen LogP contribution is -2.46. The van der Waals surface area contributed by atoms with E-state index >= 15 is 0 Å². The van der Waals surface area contributed by atoms with Gasteiger partial charge in [-0.1, -0.05) is 31.4 Å². The van der Waals surface area contributed by atoms with Crippen LogP contribution >= 0.6 is 0 Å². The third-order valence-corrected chi connectivity index (χ3v) is 5.73. The number of carbonyl (C=O) groups excluding carboxylic acids is 3. The molecule has 3 aliphatic rings. The molecule has 27 heavy (non-hydrogen) atoms. The van der Waals surface area contributed by atoms with Crippen LogP contribution < -0.4 is 0 Å². The molecule has 0 bridgehead atoms. The summed E-state index contributed by atoms with van der Waals surface area (Å²) in [5.41, 5.74) is -0.424. The first-order valence-corrected chi connectivity index (χ1v) is 9.84. The molecule has 1 saturated carbocycles. The molecule has 3 unspecified atom stereocenters. The zero-order valence-electron chi connectivity index (χ0n) is 16.4. The van der Waals surface area contributed by atoms with E-state index in [0.29, 0.717) is 18.3 Å². The molecule has 3 rings (SSSR count). The minimum absolute atomic E-state index is 0.0337. The zero-order valence-corrected chi connectivity index (χ0v) is 16.4. The van der Waals surface area contributed by atoms with E-state index in [-0.39, 0.29) is 17.6 Å². The average molecular weight is 375 g/mol. The normalized spacial score (nSPS) is 27.8. The van der Waals surface area contributed by atoms with Crippen molar-refractivity contribution in [2.45, 2.75) is 65.3 Å². The van der Waals surface area contributed by atoms with E-state index in [1.807, 2.05) is 12.2 Å². The molecule has 0 aromatic carbocycles. The Morgan fingerprint density at radius 3 is 2.63 bits per heavy atom. The molecule has 1 amide bonds. The molecular formula is C21H29NO5. The van der Waals surface area contributed by atoms with Gasteiger partial charge in [-0.3, -0.25) is 14.5 Å². The standard InChI is InChI=1S/C21H29NO5/c1-21(2,3)20(25)27-13-26-19(24)17-10-6-9-16-15-8-5-4-7-14(15)11-12-18(23)22(16)17/h6,9-10,14-16H,4-5,7-8,11-13H2,1-3H3. The van der Waals surface area contributed by atoms with Gasteiger partial charge in [0.2, 0.25) is 12.7 Å². The molecule has 2 heterocycles. The van der Waals surface area contributed by atoms with E-state index in [1.54, 1.807) is 31.7 Å². The van der Waals surface area contributed by atoms with Crippen LogP contribution in [0.1, 0.15) is 59.3 Å². The molecule has 2 fully saturated rings. The molecule has 6 nitrogen and oxygen atoms in total. The summed E-state index contributed by atoms with van der Waals surface area (Å²) in [5.74, 6) is -0.189. The molecule has 0 radical (unpaired) electrons. The van der Waals surface area contributed by atoms with Gasteiger partial charge >= 0.3 is 11.9 Å². The third kappa shape index (κ3) is 4.25. The SMILES string of the molecule is CC(C)(C)C(=O)OCOC(=O)C1=CC=CC2C3CCCCC3CCC(=O)N12. The number of amides is 1. The van der Waals surface area contributed by atoms with E-state index < -0.39 is 24.1 Å². The largest absolute Gasteiger partial charge is 0.427 e. The number of fused-ring (bicyclic) bond motifs is 3. The van der Waals surface area contributed by atoms with Crippen LogP contribution in [0.5, 0.6) is 0 Å². The fourth-order valence-corrected chi connectivity index (χ4v) is 4.29. The molecule has 0 N–H and O–H groups in total. The Kier molecular flexibility index (Phi) is 5.72. The van der Waals surface area contributed by atoms with Crippen molar-refractivity contribution < 1.29 is 23.9 Å². The molecule has 148 valence electrons. The summed E-state index contributed by atoms with van der Waals surface area (Å²) in [5, 5.41) is 0. The predicted molar refractivity (Wildman–Crippen MR) is 99.0 cm³/mol. The topological polar surface area (TPSA) is 72.9 Å². The van der Waals surface area contributed by atoms with Gasteiger partial charge in [-0.25, -0.2) is 4.79 Å². The first kappa shape index (κ1) is 19.6. The predicted octanol–water partition coefficient (Wildman–Crippen LogP) is 3.33. The van der Waals surface area contributed by atoms with Crippen LogP contribution in [0, 0.1) is 17.3 Å². The van der Waals surface area contributed by atoms with Crippen molar-refractivity contribution in [1.29, 1.82) is 0 Å². The number of nitrogens with zero attached hydrogens (tertiary/aromatic N) is 1. The number of allylic oxidation sites excluding steroid dienone is 2. The second-order valence-corrected chi connectivity index (χ2v) is 8.67. The lowest BCUT2D eigenvalue weighted by Gasteiger charge is -2.40. The van der Waals surface area contributed by atoms with Crippen LogP contribution in [0.25, 0.3) is 0 Å². The van der Waals surface area contributed by atoms with E-state index in [0.717, 1.165) is 19.3 Å². The maximum absolute atomic E-state index is 12.8. The number of hydrogen-bond donors (Lipinski definition) is 0. The maximum atomic E-state index is 12.8. The zero-order chi connectivity index (χ0) is 19.6. The first-order valence-electron chi connectivity index (χ1n) is 9.84. The number of carbonyl (C=O) groups is 3. The van der Waals surface area contributed by atoms with Crippen LogP contribution in [0.3, 0.4) is 0 Å². The summed E-state index contributed by atoms with van der Waals surface area (Å²) in [4.78, 5) is 38.8. The lowest BCUT2D eigenvalue weighted by molar-refractivity contribution is -0.172. The van der Waals surface area contributed by atoms with Crippen LogP contribution in [0.15, 0.2) is 23.9 Å². The number of ether oxygens (including phenoxy) is 2. The quantitative estimate of drug-likeness (QED) is 0.559. The van der Waals surface area contributed by atoms with Crippen molar-refractivity contribution in [3.8, 4) is 0 Å². The number of rotatable bonds is 3. The van der Waals surface area contributed by atoms with Gasteiger partial charge in [0.15, 0.2) is 0 Å². The highest BCUT2D eigenvalue weighted by Crippen LogP contribution is 2.42. The van der Waals surface area contributed by atoms with Gasteiger partial charge in [0, 0.05) is 6.42 Å². The van der Waals surface area contributed by atoms with Crippen molar-refractivity contribution in [3.05, 3.63) is 23.9 Å². The molecule has 6 heteroatoms. The van der Waals surface area contributed by atoms with E-state index in [1.165, 1.54) is 12.8 Å². The molecular weight excluding hydrogens is 346 g/mol. The molecule has 1 aliphatic carbocycles. The van der Waals surface area contributed by atoms with Gasteiger partial charge in [0.05, 0.1) is 11.5 Å². The molecule has 0 aromatic heterocycles. The Morgan fingerprint density at radius 1 is 1.15 bits per heavy atom. The van der Waals surface area contributed by atoms with E-state index in [9.17, 15) is 14.4 Å². The summed E-state index contributed by atoms with van der Waals surface area (Å²) in [6.07, 6.45) is 11.4. The second-order valence-electron chi connectivity index (χ2n) is 8.67. The van der Waals surface area contributed by atoms with Crippen LogP contribution in [0.4, 0.5) is 0 Å².